The number of hydrazone groups is 1. The Morgan fingerprint density at radius 1 is 1.06 bits per heavy atom. The third-order valence-electron chi connectivity index (χ3n) is 5.08. The van der Waals surface area contributed by atoms with Crippen LogP contribution in [0.5, 0.6) is 0 Å². The standard InChI is InChI=1S/C26H21N3O4S/c1-3-14-29-25(32)22(16-23(30)33-2)34-26(29)28-27-24(31)21-15-19-9-8-17-4-6-18(7-5-17)10-12-20(21)13-11-19/h3-13,15-16H,1,14H2,2H3,(H,27,31)/b9-8-,12-10-,17-8?,18-10?,19-9?,20-12?,22-16-,28-26-. The summed E-state index contributed by atoms with van der Waals surface area (Å²) in [4.78, 5) is 38.8. The van der Waals surface area contributed by atoms with Gasteiger partial charge in [0.2, 0.25) is 0 Å². The zero-order valence-electron chi connectivity index (χ0n) is 18.4. The summed E-state index contributed by atoms with van der Waals surface area (Å²) in [6.07, 6.45) is 10.4. The smallest absolute Gasteiger partial charge is 0.331 e. The van der Waals surface area contributed by atoms with Crippen LogP contribution in [0, 0.1) is 0 Å². The predicted molar refractivity (Wildman–Crippen MR) is 135 cm³/mol. The number of carbonyl (C=O) groups excluding carboxylic acids is 3. The third-order valence-corrected chi connectivity index (χ3v) is 6.09. The SMILES string of the molecule is C=CCN1C(=O)/C(=C/C(=O)OC)S/C1=N\NC(=O)c1cc2ccc1/C=C\c1ccc(cc1)/C=C\2. The van der Waals surface area contributed by atoms with Crippen molar-refractivity contribution < 1.29 is 19.1 Å². The second kappa shape index (κ2) is 10.2. The highest BCUT2D eigenvalue weighted by molar-refractivity contribution is 8.18. The Kier molecular flexibility index (Phi) is 6.89. The number of ether oxygens (including phenoxy) is 1. The first kappa shape index (κ1) is 23.0. The lowest BCUT2D eigenvalue weighted by Crippen LogP contribution is -2.31. The molecule has 1 fully saturated rings. The first-order valence-electron chi connectivity index (χ1n) is 10.4. The number of nitrogens with one attached hydrogen (secondary N) is 1. The van der Waals surface area contributed by atoms with E-state index in [1.54, 1.807) is 6.07 Å². The predicted octanol–water partition coefficient (Wildman–Crippen LogP) is 4.16. The van der Waals surface area contributed by atoms with E-state index in [1.807, 2.05) is 60.7 Å². The fourth-order valence-electron chi connectivity index (χ4n) is 3.32. The van der Waals surface area contributed by atoms with Gasteiger partial charge in [0.25, 0.3) is 11.8 Å². The lowest BCUT2D eigenvalue weighted by molar-refractivity contribution is -0.135. The minimum atomic E-state index is -0.649. The van der Waals surface area contributed by atoms with E-state index in [1.165, 1.54) is 18.1 Å². The molecule has 5 aliphatic rings. The number of nitrogens with zero attached hydrogens (tertiary/aromatic N) is 2. The van der Waals surface area contributed by atoms with Gasteiger partial charge in [-0.25, -0.2) is 10.2 Å². The Labute approximate surface area is 201 Å². The average Bonchev–Trinajstić information content (AvgIpc) is 3.13. The number of esters is 1. The number of hydrogen-bond donors (Lipinski definition) is 1. The van der Waals surface area contributed by atoms with Crippen molar-refractivity contribution in [2.45, 2.75) is 0 Å². The molecule has 1 heterocycles. The normalized spacial score (nSPS) is 18.5. The maximum atomic E-state index is 13.1. The second-order valence-electron chi connectivity index (χ2n) is 7.35. The number of thioether (sulfide) groups is 1. The average molecular weight is 472 g/mol. The first-order chi connectivity index (χ1) is 16.5. The summed E-state index contributed by atoms with van der Waals surface area (Å²) in [5.74, 6) is -1.49. The lowest BCUT2D eigenvalue weighted by Gasteiger charge is -2.13. The van der Waals surface area contributed by atoms with Crippen LogP contribution in [-0.2, 0) is 14.3 Å². The quantitative estimate of drug-likeness (QED) is 0.261. The summed E-state index contributed by atoms with van der Waals surface area (Å²) in [5, 5.41) is 4.40. The highest BCUT2D eigenvalue weighted by Crippen LogP contribution is 2.30. The van der Waals surface area contributed by atoms with Crippen LogP contribution in [0.15, 0.2) is 71.2 Å². The Morgan fingerprint density at radius 3 is 2.38 bits per heavy atom. The topological polar surface area (TPSA) is 88.1 Å². The summed E-state index contributed by atoms with van der Waals surface area (Å²) in [5.41, 5.74) is 6.64. The number of methoxy groups -OCH3 is 1. The molecule has 34 heavy (non-hydrogen) atoms. The van der Waals surface area contributed by atoms with E-state index in [2.05, 4.69) is 21.8 Å². The largest absolute Gasteiger partial charge is 0.466 e. The fraction of sp³-hybridized carbons (Fsp3) is 0.0769. The number of amidine groups is 1. The minimum Gasteiger partial charge on any atom is -0.466 e. The zero-order chi connectivity index (χ0) is 24.1. The molecule has 0 unspecified atom stereocenters. The first-order valence-corrected chi connectivity index (χ1v) is 11.2. The summed E-state index contributed by atoms with van der Waals surface area (Å²) >= 11 is 0.973. The van der Waals surface area contributed by atoms with Gasteiger partial charge in [-0.15, -0.1) is 11.7 Å². The molecule has 8 heteroatoms. The van der Waals surface area contributed by atoms with Gasteiger partial charge in [-0.3, -0.25) is 14.5 Å². The van der Waals surface area contributed by atoms with E-state index in [0.29, 0.717) is 5.56 Å². The van der Waals surface area contributed by atoms with Crippen molar-refractivity contribution in [2.75, 3.05) is 13.7 Å². The van der Waals surface area contributed by atoms with Crippen LogP contribution < -0.4 is 5.43 Å². The van der Waals surface area contributed by atoms with Crippen molar-refractivity contribution in [3.63, 3.8) is 0 Å². The van der Waals surface area contributed by atoms with E-state index in [4.69, 9.17) is 0 Å². The van der Waals surface area contributed by atoms with Gasteiger partial charge in [-0.1, -0.05) is 66.8 Å². The molecular weight excluding hydrogens is 450 g/mol. The Morgan fingerprint density at radius 2 is 1.71 bits per heavy atom. The van der Waals surface area contributed by atoms with E-state index in [9.17, 15) is 14.4 Å². The van der Waals surface area contributed by atoms with Crippen LogP contribution >= 0.6 is 11.8 Å². The Balaban J connectivity index is 1.62. The van der Waals surface area contributed by atoms with E-state index in [-0.39, 0.29) is 16.6 Å². The monoisotopic (exact) mass is 471 g/mol. The molecule has 0 aromatic heterocycles. The molecular formula is C26H21N3O4S. The molecule has 0 atom stereocenters. The van der Waals surface area contributed by atoms with Crippen molar-refractivity contribution in [1.29, 1.82) is 0 Å². The molecule has 1 aliphatic heterocycles. The maximum Gasteiger partial charge on any atom is 0.331 e. The second-order valence-corrected chi connectivity index (χ2v) is 8.36. The molecule has 7 rings (SSSR count). The molecule has 1 saturated heterocycles. The van der Waals surface area contributed by atoms with Crippen molar-refractivity contribution in [3.05, 3.63) is 93.9 Å². The molecule has 4 bridgehead atoms. The molecule has 0 spiro atoms. The van der Waals surface area contributed by atoms with Gasteiger partial charge in [0.15, 0.2) is 5.17 Å². The minimum absolute atomic E-state index is 0.151. The molecule has 1 N–H and O–H groups in total. The van der Waals surface area contributed by atoms with Crippen LogP contribution in [0.1, 0.15) is 32.6 Å². The summed E-state index contributed by atoms with van der Waals surface area (Å²) in [6, 6.07) is 13.7. The highest BCUT2D eigenvalue weighted by atomic mass is 32.2. The van der Waals surface area contributed by atoms with Crippen molar-refractivity contribution in [1.82, 2.24) is 10.3 Å². The molecule has 0 radical (unpaired) electrons. The maximum absolute atomic E-state index is 13.1. The van der Waals surface area contributed by atoms with Gasteiger partial charge >= 0.3 is 5.97 Å². The summed E-state index contributed by atoms with van der Waals surface area (Å²) in [6.45, 7) is 3.82. The molecule has 2 aromatic rings. The number of amides is 2. The Hall–Kier alpha value is -4.17. The number of carbonyl (C=O) groups is 3. The van der Waals surface area contributed by atoms with Crippen LogP contribution in [0.2, 0.25) is 0 Å². The van der Waals surface area contributed by atoms with Crippen molar-refractivity contribution >= 4 is 59.0 Å². The van der Waals surface area contributed by atoms with Gasteiger partial charge in [-0.05, 0) is 40.1 Å². The van der Waals surface area contributed by atoms with Crippen molar-refractivity contribution in [2.24, 2.45) is 5.10 Å². The van der Waals surface area contributed by atoms with E-state index in [0.717, 1.165) is 40.1 Å². The van der Waals surface area contributed by atoms with Gasteiger partial charge in [0.1, 0.15) is 0 Å². The Bertz CT molecular complexity index is 1290. The van der Waals surface area contributed by atoms with Crippen LogP contribution in [0.3, 0.4) is 0 Å². The van der Waals surface area contributed by atoms with Gasteiger partial charge < -0.3 is 4.74 Å². The third kappa shape index (κ3) is 5.07. The van der Waals surface area contributed by atoms with E-state index >= 15 is 0 Å². The molecule has 2 amide bonds. The fourth-order valence-corrected chi connectivity index (χ4v) is 4.23. The molecule has 7 nitrogen and oxygen atoms in total. The molecule has 4 aliphatic carbocycles. The number of rotatable bonds is 5. The van der Waals surface area contributed by atoms with Crippen LogP contribution in [-0.4, -0.2) is 41.5 Å². The molecule has 0 saturated carbocycles. The van der Waals surface area contributed by atoms with Gasteiger partial charge in [-0.2, -0.15) is 0 Å². The number of hydrogen-bond acceptors (Lipinski definition) is 6. The van der Waals surface area contributed by atoms with Crippen LogP contribution in [0.25, 0.3) is 24.3 Å². The van der Waals surface area contributed by atoms with E-state index < -0.39 is 17.8 Å². The van der Waals surface area contributed by atoms with Gasteiger partial charge in [0, 0.05) is 18.2 Å². The highest BCUT2D eigenvalue weighted by Gasteiger charge is 2.33. The van der Waals surface area contributed by atoms with Gasteiger partial charge in [0.05, 0.1) is 12.0 Å². The summed E-state index contributed by atoms with van der Waals surface area (Å²) in [7, 11) is 1.23. The number of benzene rings is 2. The zero-order valence-corrected chi connectivity index (χ0v) is 19.2. The van der Waals surface area contributed by atoms with Crippen molar-refractivity contribution in [3.8, 4) is 0 Å². The summed E-state index contributed by atoms with van der Waals surface area (Å²) < 4.78 is 4.60. The van der Waals surface area contributed by atoms with Crippen LogP contribution in [0.4, 0.5) is 0 Å². The lowest BCUT2D eigenvalue weighted by atomic mass is 10.00. The molecule has 2 aromatic carbocycles. The molecule has 170 valence electrons.